The number of aromatic nitrogens is 3. The minimum atomic E-state index is 0.256. The van der Waals surface area contributed by atoms with Gasteiger partial charge in [0.25, 0.3) is 0 Å². The summed E-state index contributed by atoms with van der Waals surface area (Å²) in [6.07, 6.45) is 12.7. The van der Waals surface area contributed by atoms with E-state index in [0.29, 0.717) is 17.6 Å². The van der Waals surface area contributed by atoms with Crippen LogP contribution in [-0.4, -0.2) is 52.9 Å². The summed E-state index contributed by atoms with van der Waals surface area (Å²) in [7, 11) is 4.00. The third kappa shape index (κ3) is 4.97. The molecule has 6 heteroatoms. The maximum absolute atomic E-state index is 13.0. The molecule has 1 aliphatic heterocycles. The third-order valence-electron chi connectivity index (χ3n) is 6.49. The van der Waals surface area contributed by atoms with Crippen molar-refractivity contribution in [1.29, 1.82) is 0 Å². The van der Waals surface area contributed by atoms with E-state index in [9.17, 15) is 4.79 Å². The normalized spacial score (nSPS) is 20.2. The Morgan fingerprint density at radius 3 is 2.70 bits per heavy atom. The fourth-order valence-corrected chi connectivity index (χ4v) is 4.73. The molecule has 0 N–H and O–H groups in total. The molecule has 0 spiro atoms. The van der Waals surface area contributed by atoms with Crippen LogP contribution in [0.3, 0.4) is 0 Å². The Morgan fingerprint density at radius 2 is 1.97 bits per heavy atom. The van der Waals surface area contributed by atoms with Crippen LogP contribution in [0.4, 0.5) is 5.82 Å². The van der Waals surface area contributed by atoms with Gasteiger partial charge in [0, 0.05) is 63.5 Å². The van der Waals surface area contributed by atoms with Crippen LogP contribution in [0.2, 0.25) is 0 Å². The summed E-state index contributed by atoms with van der Waals surface area (Å²) >= 11 is 0. The number of carbonyl (C=O) groups excluding carboxylic acids is 1. The molecule has 6 nitrogen and oxygen atoms in total. The number of hydrogen-bond acceptors (Lipinski definition) is 5. The zero-order chi connectivity index (χ0) is 20.9. The van der Waals surface area contributed by atoms with Crippen LogP contribution in [-0.2, 0) is 4.79 Å². The summed E-state index contributed by atoms with van der Waals surface area (Å²) in [6.45, 7) is 1.64. The van der Waals surface area contributed by atoms with Gasteiger partial charge in [-0.1, -0.05) is 19.3 Å². The van der Waals surface area contributed by atoms with Crippen molar-refractivity contribution in [2.75, 3.05) is 32.1 Å². The summed E-state index contributed by atoms with van der Waals surface area (Å²) in [5.74, 6) is 2.77. The van der Waals surface area contributed by atoms with E-state index in [-0.39, 0.29) is 5.92 Å². The molecule has 1 amide bonds. The standard InChI is InChI=1S/C24H33N5O/c1-28(2)22-15-21(26-24(27-22)19-10-6-12-25-16-19)20-11-7-13-29(17-20)23(30)14-18-8-4-3-5-9-18/h6,10,12,15-16,18,20H,3-5,7-9,11,13-14,17H2,1-2H3/t20-/m1/s1. The van der Waals surface area contributed by atoms with Gasteiger partial charge >= 0.3 is 0 Å². The van der Waals surface area contributed by atoms with Crippen LogP contribution in [0.5, 0.6) is 0 Å². The van der Waals surface area contributed by atoms with Gasteiger partial charge in [-0.05, 0) is 43.7 Å². The van der Waals surface area contributed by atoms with E-state index < -0.39 is 0 Å². The predicted octanol–water partition coefficient (Wildman–Crippen LogP) is 4.28. The van der Waals surface area contributed by atoms with Crippen molar-refractivity contribution in [2.45, 2.75) is 57.3 Å². The van der Waals surface area contributed by atoms with Crippen molar-refractivity contribution < 1.29 is 4.79 Å². The van der Waals surface area contributed by atoms with Gasteiger partial charge in [-0.2, -0.15) is 0 Å². The van der Waals surface area contributed by atoms with Gasteiger partial charge in [0.1, 0.15) is 5.82 Å². The van der Waals surface area contributed by atoms with Crippen molar-refractivity contribution in [3.8, 4) is 11.4 Å². The number of nitrogens with zero attached hydrogens (tertiary/aromatic N) is 5. The molecular formula is C24H33N5O. The Morgan fingerprint density at radius 1 is 1.13 bits per heavy atom. The highest BCUT2D eigenvalue weighted by molar-refractivity contribution is 5.76. The lowest BCUT2D eigenvalue weighted by molar-refractivity contribution is -0.133. The van der Waals surface area contributed by atoms with E-state index in [0.717, 1.165) is 49.4 Å². The van der Waals surface area contributed by atoms with Crippen LogP contribution in [0.25, 0.3) is 11.4 Å². The molecule has 2 aromatic rings. The second-order valence-corrected chi connectivity index (χ2v) is 9.00. The number of hydrogen-bond donors (Lipinski definition) is 0. The molecule has 4 rings (SSSR count). The molecule has 1 atom stereocenters. The molecule has 0 radical (unpaired) electrons. The summed E-state index contributed by atoms with van der Waals surface area (Å²) in [5, 5.41) is 0. The number of pyridine rings is 1. The molecule has 30 heavy (non-hydrogen) atoms. The summed E-state index contributed by atoms with van der Waals surface area (Å²) in [4.78, 5) is 30.9. The van der Waals surface area contributed by atoms with Crippen molar-refractivity contribution in [3.63, 3.8) is 0 Å². The number of amides is 1. The molecule has 1 saturated carbocycles. The average molecular weight is 408 g/mol. The van der Waals surface area contributed by atoms with Crippen LogP contribution in [0.15, 0.2) is 30.6 Å². The van der Waals surface area contributed by atoms with Crippen molar-refractivity contribution in [1.82, 2.24) is 19.9 Å². The predicted molar refractivity (Wildman–Crippen MR) is 119 cm³/mol. The molecule has 2 aromatic heterocycles. The van der Waals surface area contributed by atoms with E-state index in [1.54, 1.807) is 12.4 Å². The second kappa shape index (κ2) is 9.54. The minimum Gasteiger partial charge on any atom is -0.363 e. The third-order valence-corrected chi connectivity index (χ3v) is 6.49. The zero-order valence-corrected chi connectivity index (χ0v) is 18.3. The molecule has 1 aliphatic carbocycles. The van der Waals surface area contributed by atoms with Crippen LogP contribution in [0, 0.1) is 5.92 Å². The fraction of sp³-hybridized carbons (Fsp3) is 0.583. The molecule has 0 aromatic carbocycles. The maximum atomic E-state index is 13.0. The Hall–Kier alpha value is -2.50. The molecule has 1 saturated heterocycles. The Labute approximate surface area is 179 Å². The highest BCUT2D eigenvalue weighted by Crippen LogP contribution is 2.31. The fourth-order valence-electron chi connectivity index (χ4n) is 4.73. The lowest BCUT2D eigenvalue weighted by atomic mass is 9.86. The first-order valence-corrected chi connectivity index (χ1v) is 11.3. The smallest absolute Gasteiger partial charge is 0.222 e. The highest BCUT2D eigenvalue weighted by atomic mass is 16.2. The Balaban J connectivity index is 1.52. The molecular weight excluding hydrogens is 374 g/mol. The summed E-state index contributed by atoms with van der Waals surface area (Å²) in [6, 6.07) is 5.99. The summed E-state index contributed by atoms with van der Waals surface area (Å²) < 4.78 is 0. The molecule has 0 unspecified atom stereocenters. The number of rotatable bonds is 5. The quantitative estimate of drug-likeness (QED) is 0.740. The van der Waals surface area contributed by atoms with Crippen molar-refractivity contribution in [2.24, 2.45) is 5.92 Å². The first-order chi connectivity index (χ1) is 14.6. The van der Waals surface area contributed by atoms with Gasteiger partial charge in [-0.25, -0.2) is 9.97 Å². The van der Waals surface area contributed by atoms with E-state index in [1.165, 1.54) is 32.1 Å². The van der Waals surface area contributed by atoms with Crippen molar-refractivity contribution in [3.05, 3.63) is 36.3 Å². The molecule has 2 fully saturated rings. The van der Waals surface area contributed by atoms with E-state index >= 15 is 0 Å². The molecule has 3 heterocycles. The van der Waals surface area contributed by atoms with Crippen molar-refractivity contribution >= 4 is 11.7 Å². The number of likely N-dealkylation sites (tertiary alicyclic amines) is 1. The Bertz CT molecular complexity index is 848. The van der Waals surface area contributed by atoms with Gasteiger partial charge in [0.2, 0.25) is 5.91 Å². The molecule has 2 aliphatic rings. The average Bonchev–Trinajstić information content (AvgIpc) is 2.80. The summed E-state index contributed by atoms with van der Waals surface area (Å²) in [5.41, 5.74) is 1.95. The lowest BCUT2D eigenvalue weighted by Gasteiger charge is -2.34. The SMILES string of the molecule is CN(C)c1cc([C@@H]2CCCN(C(=O)CC3CCCCC3)C2)nc(-c2cccnc2)n1. The molecule has 160 valence electrons. The van der Waals surface area contributed by atoms with E-state index in [4.69, 9.17) is 9.97 Å². The largest absolute Gasteiger partial charge is 0.363 e. The zero-order valence-electron chi connectivity index (χ0n) is 18.3. The van der Waals surface area contributed by atoms with Crippen LogP contribution in [0.1, 0.15) is 63.0 Å². The number of carbonyl (C=O) groups is 1. The van der Waals surface area contributed by atoms with Gasteiger partial charge < -0.3 is 9.80 Å². The topological polar surface area (TPSA) is 62.2 Å². The van der Waals surface area contributed by atoms with E-state index in [2.05, 4.69) is 16.0 Å². The number of anilines is 1. The monoisotopic (exact) mass is 407 g/mol. The first kappa shape index (κ1) is 20.8. The Kier molecular flexibility index (Phi) is 6.60. The molecule has 0 bridgehead atoms. The van der Waals surface area contributed by atoms with E-state index in [1.807, 2.05) is 31.1 Å². The maximum Gasteiger partial charge on any atom is 0.222 e. The first-order valence-electron chi connectivity index (χ1n) is 11.3. The number of piperidine rings is 1. The van der Waals surface area contributed by atoms with Gasteiger partial charge in [-0.15, -0.1) is 0 Å². The van der Waals surface area contributed by atoms with Gasteiger partial charge in [0.15, 0.2) is 5.82 Å². The van der Waals surface area contributed by atoms with Gasteiger partial charge in [0.05, 0.1) is 5.69 Å². The minimum absolute atomic E-state index is 0.256. The van der Waals surface area contributed by atoms with Crippen LogP contribution >= 0.6 is 0 Å². The lowest BCUT2D eigenvalue weighted by Crippen LogP contribution is -2.40. The van der Waals surface area contributed by atoms with Gasteiger partial charge in [-0.3, -0.25) is 9.78 Å². The second-order valence-electron chi connectivity index (χ2n) is 9.00. The van der Waals surface area contributed by atoms with Crippen LogP contribution < -0.4 is 4.90 Å². The highest BCUT2D eigenvalue weighted by Gasteiger charge is 2.28.